The normalized spacial score (nSPS) is 11.2. The van der Waals surface area contributed by atoms with Gasteiger partial charge < -0.3 is 5.11 Å². The van der Waals surface area contributed by atoms with E-state index in [1.165, 1.54) is 14.0 Å². The highest BCUT2D eigenvalue weighted by Gasteiger charge is 2.20. The molecule has 0 aliphatic heterocycles. The van der Waals surface area contributed by atoms with Gasteiger partial charge in [-0.05, 0) is 25.1 Å². The van der Waals surface area contributed by atoms with E-state index in [9.17, 15) is 17.6 Å². The van der Waals surface area contributed by atoms with Gasteiger partial charge in [0.15, 0.2) is 0 Å². The van der Waals surface area contributed by atoms with Crippen molar-refractivity contribution in [2.75, 3.05) is 17.1 Å². The van der Waals surface area contributed by atoms with Gasteiger partial charge in [-0.15, -0.1) is 0 Å². The van der Waals surface area contributed by atoms with Crippen LogP contribution in [0.4, 0.5) is 10.1 Å². The molecule has 0 saturated carbocycles. The molecule has 1 rings (SSSR count). The molecule has 17 heavy (non-hydrogen) atoms. The van der Waals surface area contributed by atoms with Crippen LogP contribution in [0, 0.1) is 5.82 Å². The zero-order valence-corrected chi connectivity index (χ0v) is 10.2. The summed E-state index contributed by atoms with van der Waals surface area (Å²) in [6.45, 7) is 1.44. The molecular weight excluding hydrogens is 249 g/mol. The summed E-state index contributed by atoms with van der Waals surface area (Å²) in [5.74, 6) is -2.32. The molecule has 0 fully saturated rings. The molecule has 0 aliphatic carbocycles. The molecule has 0 radical (unpaired) electrons. The largest absolute Gasteiger partial charge is 0.478 e. The van der Waals surface area contributed by atoms with Gasteiger partial charge in [-0.1, -0.05) is 0 Å². The van der Waals surface area contributed by atoms with Crippen molar-refractivity contribution in [1.29, 1.82) is 0 Å². The lowest BCUT2D eigenvalue weighted by Crippen LogP contribution is -2.28. The Kier molecular flexibility index (Phi) is 3.72. The Labute approximate surface area is 98.5 Å². The van der Waals surface area contributed by atoms with Gasteiger partial charge in [0.05, 0.1) is 17.0 Å². The monoisotopic (exact) mass is 261 g/mol. The van der Waals surface area contributed by atoms with Gasteiger partial charge in [0.2, 0.25) is 10.0 Å². The predicted molar refractivity (Wildman–Crippen MR) is 61.2 cm³/mol. The van der Waals surface area contributed by atoms with E-state index >= 15 is 0 Å². The third-order valence-corrected chi connectivity index (χ3v) is 4.08. The fourth-order valence-electron chi connectivity index (χ4n) is 1.24. The highest BCUT2D eigenvalue weighted by Crippen LogP contribution is 2.22. The average Bonchev–Trinajstić information content (AvgIpc) is 2.27. The highest BCUT2D eigenvalue weighted by atomic mass is 32.2. The van der Waals surface area contributed by atoms with Gasteiger partial charge in [0.25, 0.3) is 0 Å². The Hall–Kier alpha value is -1.63. The Bertz CT molecular complexity index is 541. The second-order valence-electron chi connectivity index (χ2n) is 3.34. The van der Waals surface area contributed by atoms with E-state index in [0.29, 0.717) is 0 Å². The smallest absolute Gasteiger partial charge is 0.335 e. The summed E-state index contributed by atoms with van der Waals surface area (Å²) < 4.78 is 37.4. The van der Waals surface area contributed by atoms with Crippen molar-refractivity contribution in [3.05, 3.63) is 29.6 Å². The first-order chi connectivity index (χ1) is 7.79. The number of anilines is 1. The lowest BCUT2D eigenvalue weighted by Gasteiger charge is -2.19. The number of sulfonamides is 1. The van der Waals surface area contributed by atoms with Crippen LogP contribution in [0.3, 0.4) is 0 Å². The molecule has 5 nitrogen and oxygen atoms in total. The summed E-state index contributed by atoms with van der Waals surface area (Å²) in [5.41, 5.74) is -0.398. The van der Waals surface area contributed by atoms with Crippen LogP contribution in [0.2, 0.25) is 0 Å². The molecular formula is C10H12FNO4S. The van der Waals surface area contributed by atoms with Gasteiger partial charge >= 0.3 is 5.97 Å². The van der Waals surface area contributed by atoms with Crippen LogP contribution in [0.15, 0.2) is 18.2 Å². The Morgan fingerprint density at radius 2 is 2.06 bits per heavy atom. The van der Waals surface area contributed by atoms with Gasteiger partial charge in [-0.3, -0.25) is 4.31 Å². The summed E-state index contributed by atoms with van der Waals surface area (Å²) in [4.78, 5) is 10.6. The minimum absolute atomic E-state index is 0.163. The number of rotatable bonds is 4. The Balaban J connectivity index is 3.22. The van der Waals surface area contributed by atoms with Crippen LogP contribution in [0.5, 0.6) is 0 Å². The molecule has 1 aromatic carbocycles. The minimum Gasteiger partial charge on any atom is -0.478 e. The SMILES string of the molecule is CCS(=O)(=O)N(C)c1ccc(C(=O)O)cc1F. The van der Waals surface area contributed by atoms with Crippen molar-refractivity contribution in [1.82, 2.24) is 0 Å². The first-order valence-corrected chi connectivity index (χ1v) is 6.40. The second-order valence-corrected chi connectivity index (χ2v) is 5.63. The molecule has 1 aromatic rings. The van der Waals surface area contributed by atoms with Crippen molar-refractivity contribution in [2.45, 2.75) is 6.92 Å². The molecule has 0 atom stereocenters. The van der Waals surface area contributed by atoms with Crippen molar-refractivity contribution in [2.24, 2.45) is 0 Å². The van der Waals surface area contributed by atoms with Crippen LogP contribution in [0.25, 0.3) is 0 Å². The van der Waals surface area contributed by atoms with Crippen molar-refractivity contribution in [3.63, 3.8) is 0 Å². The van der Waals surface area contributed by atoms with Crippen LogP contribution in [-0.2, 0) is 10.0 Å². The number of halogens is 1. The van der Waals surface area contributed by atoms with Crippen LogP contribution in [0.1, 0.15) is 17.3 Å². The van der Waals surface area contributed by atoms with Gasteiger partial charge in [-0.2, -0.15) is 0 Å². The number of carboxylic acid groups (broad SMARTS) is 1. The van der Waals surface area contributed by atoms with Gasteiger partial charge in [0, 0.05) is 7.05 Å². The molecule has 7 heteroatoms. The topological polar surface area (TPSA) is 74.7 Å². The number of benzene rings is 1. The van der Waals surface area contributed by atoms with E-state index in [4.69, 9.17) is 5.11 Å². The summed E-state index contributed by atoms with van der Waals surface area (Å²) in [6.07, 6.45) is 0. The van der Waals surface area contributed by atoms with Crippen LogP contribution < -0.4 is 4.31 Å². The number of hydrogen-bond donors (Lipinski definition) is 1. The molecule has 0 bridgehead atoms. The fraction of sp³-hybridized carbons (Fsp3) is 0.300. The average molecular weight is 261 g/mol. The van der Waals surface area contributed by atoms with Crippen molar-refractivity contribution in [3.8, 4) is 0 Å². The molecule has 0 unspecified atom stereocenters. The Morgan fingerprint density at radius 1 is 1.47 bits per heavy atom. The lowest BCUT2D eigenvalue weighted by molar-refractivity contribution is 0.0696. The number of nitrogens with zero attached hydrogens (tertiary/aromatic N) is 1. The molecule has 0 spiro atoms. The molecule has 0 aromatic heterocycles. The van der Waals surface area contributed by atoms with E-state index in [1.807, 2.05) is 0 Å². The molecule has 0 amide bonds. The van der Waals surface area contributed by atoms with E-state index < -0.39 is 21.8 Å². The maximum Gasteiger partial charge on any atom is 0.335 e. The van der Waals surface area contributed by atoms with E-state index in [-0.39, 0.29) is 17.0 Å². The quantitative estimate of drug-likeness (QED) is 0.886. The van der Waals surface area contributed by atoms with E-state index in [0.717, 1.165) is 22.5 Å². The number of aromatic carboxylic acids is 1. The maximum atomic E-state index is 13.6. The van der Waals surface area contributed by atoms with E-state index in [2.05, 4.69) is 0 Å². The first kappa shape index (κ1) is 13.4. The third-order valence-electron chi connectivity index (χ3n) is 2.32. The lowest BCUT2D eigenvalue weighted by atomic mass is 10.2. The number of carboxylic acids is 1. The van der Waals surface area contributed by atoms with Crippen LogP contribution in [-0.4, -0.2) is 32.3 Å². The molecule has 94 valence electrons. The number of carbonyl (C=O) groups is 1. The summed E-state index contributed by atoms with van der Waals surface area (Å²) in [6, 6.07) is 3.08. The van der Waals surface area contributed by atoms with Gasteiger partial charge in [-0.25, -0.2) is 17.6 Å². The standard InChI is InChI=1S/C10H12FNO4S/c1-3-17(15,16)12(2)9-5-4-7(10(13)14)6-8(9)11/h4-6H,3H2,1-2H3,(H,13,14). The van der Waals surface area contributed by atoms with Crippen LogP contribution >= 0.6 is 0 Å². The summed E-state index contributed by atoms with van der Waals surface area (Å²) in [5, 5.41) is 8.65. The van der Waals surface area contributed by atoms with Gasteiger partial charge in [0.1, 0.15) is 5.82 Å². The molecule has 0 heterocycles. The number of hydrogen-bond acceptors (Lipinski definition) is 3. The zero-order chi connectivity index (χ0) is 13.2. The fourth-order valence-corrected chi connectivity index (χ4v) is 2.07. The second kappa shape index (κ2) is 4.70. The highest BCUT2D eigenvalue weighted by molar-refractivity contribution is 7.92. The molecule has 1 N–H and O–H groups in total. The Morgan fingerprint density at radius 3 is 2.47 bits per heavy atom. The maximum absolute atomic E-state index is 13.6. The minimum atomic E-state index is -3.56. The molecule has 0 saturated heterocycles. The zero-order valence-electron chi connectivity index (χ0n) is 9.34. The molecule has 0 aliphatic rings. The summed E-state index contributed by atoms with van der Waals surface area (Å²) in [7, 11) is -2.34. The van der Waals surface area contributed by atoms with E-state index in [1.54, 1.807) is 0 Å². The first-order valence-electron chi connectivity index (χ1n) is 4.79. The predicted octanol–water partition coefficient (Wildman–Crippen LogP) is 1.31. The van der Waals surface area contributed by atoms with Crippen molar-refractivity contribution >= 4 is 21.7 Å². The third kappa shape index (κ3) is 2.73. The van der Waals surface area contributed by atoms with Crippen molar-refractivity contribution < 1.29 is 22.7 Å². The summed E-state index contributed by atoms with van der Waals surface area (Å²) >= 11 is 0.